The van der Waals surface area contributed by atoms with E-state index >= 15 is 0 Å². The first-order valence-corrected chi connectivity index (χ1v) is 13.7. The number of carbonyl (C=O) groups is 3. The van der Waals surface area contributed by atoms with E-state index in [0.717, 1.165) is 16.2 Å². The molecule has 3 aromatic rings. The average Bonchev–Trinajstić information content (AvgIpc) is 3.42. The molecule has 1 fully saturated rings. The monoisotopic (exact) mass is 549 g/mol. The molecule has 2 N–H and O–H groups in total. The van der Waals surface area contributed by atoms with Gasteiger partial charge in [0.25, 0.3) is 5.91 Å². The molecule has 2 aliphatic rings. The zero-order valence-electron chi connectivity index (χ0n) is 20.2. The summed E-state index contributed by atoms with van der Waals surface area (Å²) in [6, 6.07) is 17.8. The van der Waals surface area contributed by atoms with E-state index in [9.17, 15) is 19.5 Å². The van der Waals surface area contributed by atoms with Gasteiger partial charge in [-0.05, 0) is 48.0 Å². The quantitative estimate of drug-likeness (QED) is 0.302. The first kappa shape index (κ1) is 25.7. The fourth-order valence-electron chi connectivity index (χ4n) is 4.10. The molecule has 9 nitrogen and oxygen atoms in total. The summed E-state index contributed by atoms with van der Waals surface area (Å²) in [5.41, 5.74) is 1.85. The Morgan fingerprint density at radius 2 is 1.97 bits per heavy atom. The van der Waals surface area contributed by atoms with Crippen LogP contribution in [0.4, 0.5) is 0 Å². The van der Waals surface area contributed by atoms with Crippen molar-refractivity contribution in [1.82, 2.24) is 15.4 Å². The van der Waals surface area contributed by atoms with Gasteiger partial charge >= 0.3 is 5.97 Å². The number of hydrogen-bond acceptors (Lipinski definition) is 8. The molecule has 0 unspecified atom stereocenters. The maximum atomic E-state index is 12.9. The lowest BCUT2D eigenvalue weighted by molar-refractivity contribution is -0.150. The fourth-order valence-corrected chi connectivity index (χ4v) is 6.15. The van der Waals surface area contributed by atoms with Gasteiger partial charge in [0.1, 0.15) is 28.6 Å². The molecule has 5 rings (SSSR count). The van der Waals surface area contributed by atoms with Gasteiger partial charge in [0, 0.05) is 22.3 Å². The number of carboxylic acid groups (broad SMARTS) is 1. The number of hydrogen-bond donors (Lipinski definition) is 2. The largest absolute Gasteiger partial charge is 0.497 e. The molecular weight excluding hydrogens is 526 g/mol. The third-order valence-electron chi connectivity index (χ3n) is 5.99. The summed E-state index contributed by atoms with van der Waals surface area (Å²) < 4.78 is 10.6. The number of nitrogens with zero attached hydrogens (tertiary/aromatic N) is 2. The van der Waals surface area contributed by atoms with Crippen LogP contribution in [0.5, 0.6) is 5.75 Å². The number of fused-ring (bicyclic) bond motifs is 1. The van der Waals surface area contributed by atoms with Gasteiger partial charge in [0.05, 0.1) is 12.9 Å². The van der Waals surface area contributed by atoms with Gasteiger partial charge in [-0.15, -0.1) is 23.5 Å². The predicted molar refractivity (Wildman–Crippen MR) is 144 cm³/mol. The number of aliphatic carboxylic acids is 1. The van der Waals surface area contributed by atoms with E-state index < -0.39 is 23.3 Å². The Morgan fingerprint density at radius 3 is 2.68 bits per heavy atom. The predicted octanol–water partition coefficient (Wildman–Crippen LogP) is 3.89. The van der Waals surface area contributed by atoms with Crippen molar-refractivity contribution in [2.24, 2.45) is 0 Å². The molecule has 38 heavy (non-hydrogen) atoms. The van der Waals surface area contributed by atoms with Crippen LogP contribution in [0.15, 0.2) is 87.4 Å². The molecule has 0 bridgehead atoms. The van der Waals surface area contributed by atoms with Crippen LogP contribution in [-0.2, 0) is 14.4 Å². The minimum atomic E-state index is -1.20. The third kappa shape index (κ3) is 5.34. The molecule has 0 aliphatic carbocycles. The minimum Gasteiger partial charge on any atom is -0.497 e. The molecule has 11 heteroatoms. The Hall–Kier alpha value is -3.96. The first-order valence-electron chi connectivity index (χ1n) is 11.6. The molecule has 2 amide bonds. The van der Waals surface area contributed by atoms with Crippen LogP contribution < -0.4 is 10.1 Å². The normalized spacial score (nSPS) is 18.8. The number of amides is 2. The molecule has 0 radical (unpaired) electrons. The van der Waals surface area contributed by atoms with Crippen LogP contribution in [0, 0.1) is 0 Å². The standard InChI is InChI=1S/C27H23N3O6S2/c1-35-18-10-7-16(8-11-18)21-13-19(36-29-21)12-9-17-14-38-26-23(25(32)30(26)24(17)27(33)34)28-22(31)15-37-20-5-3-2-4-6-20/h2-13,23,26H,14-15H2,1H3,(H,28,31)(H,33,34)/b12-9+/t23-,26-/m1/s1. The lowest BCUT2D eigenvalue weighted by Gasteiger charge is -2.49. The second-order valence-corrected chi connectivity index (χ2v) is 10.6. The minimum absolute atomic E-state index is 0.0888. The number of rotatable bonds is 9. The highest BCUT2D eigenvalue weighted by molar-refractivity contribution is 8.00. The van der Waals surface area contributed by atoms with Crippen molar-refractivity contribution in [2.75, 3.05) is 18.6 Å². The van der Waals surface area contributed by atoms with Gasteiger partial charge in [-0.2, -0.15) is 0 Å². The van der Waals surface area contributed by atoms with Crippen molar-refractivity contribution in [2.45, 2.75) is 16.3 Å². The van der Waals surface area contributed by atoms with Crippen molar-refractivity contribution in [3.05, 3.63) is 83.8 Å². The number of methoxy groups -OCH3 is 1. The van der Waals surface area contributed by atoms with Crippen molar-refractivity contribution in [3.8, 4) is 17.0 Å². The Labute approximate surface area is 226 Å². The number of benzene rings is 2. The highest BCUT2D eigenvalue weighted by Gasteiger charge is 2.53. The summed E-state index contributed by atoms with van der Waals surface area (Å²) in [5.74, 6) is -0.229. The van der Waals surface area contributed by atoms with E-state index in [0.29, 0.717) is 22.8 Å². The molecule has 2 atom stereocenters. The summed E-state index contributed by atoms with van der Waals surface area (Å²) in [4.78, 5) is 39.6. The van der Waals surface area contributed by atoms with Crippen LogP contribution in [0.1, 0.15) is 5.76 Å². The third-order valence-corrected chi connectivity index (χ3v) is 8.31. The number of aromatic nitrogens is 1. The maximum Gasteiger partial charge on any atom is 0.352 e. The Bertz CT molecular complexity index is 1420. The van der Waals surface area contributed by atoms with Gasteiger partial charge in [0.2, 0.25) is 5.91 Å². The summed E-state index contributed by atoms with van der Waals surface area (Å²) in [6.45, 7) is 0. The molecule has 1 aromatic heterocycles. The number of ether oxygens (including phenoxy) is 1. The summed E-state index contributed by atoms with van der Waals surface area (Å²) in [5, 5.41) is 16.2. The van der Waals surface area contributed by atoms with E-state index in [1.165, 1.54) is 28.4 Å². The lowest BCUT2D eigenvalue weighted by Crippen LogP contribution is -2.70. The average molecular weight is 550 g/mol. The van der Waals surface area contributed by atoms with Gasteiger partial charge in [-0.3, -0.25) is 14.5 Å². The van der Waals surface area contributed by atoms with Crippen molar-refractivity contribution >= 4 is 47.4 Å². The Balaban J connectivity index is 1.25. The second-order valence-electron chi connectivity index (χ2n) is 8.41. The van der Waals surface area contributed by atoms with E-state index in [-0.39, 0.29) is 17.4 Å². The lowest BCUT2D eigenvalue weighted by atomic mass is 10.0. The number of β-lactam (4-membered cyclic amide) rings is 1. The van der Waals surface area contributed by atoms with Crippen LogP contribution in [-0.4, -0.2) is 63.0 Å². The number of carboxylic acids is 1. The number of nitrogens with one attached hydrogen (secondary N) is 1. The highest BCUT2D eigenvalue weighted by Crippen LogP contribution is 2.41. The van der Waals surface area contributed by atoms with Crippen molar-refractivity contribution < 1.29 is 28.8 Å². The highest BCUT2D eigenvalue weighted by atomic mass is 32.2. The van der Waals surface area contributed by atoms with E-state index in [1.54, 1.807) is 25.3 Å². The van der Waals surface area contributed by atoms with Gasteiger partial charge in [0.15, 0.2) is 5.76 Å². The van der Waals surface area contributed by atoms with Crippen LogP contribution in [0.25, 0.3) is 17.3 Å². The zero-order chi connectivity index (χ0) is 26.6. The van der Waals surface area contributed by atoms with Crippen LogP contribution in [0.3, 0.4) is 0 Å². The van der Waals surface area contributed by atoms with E-state index in [1.807, 2.05) is 54.6 Å². The van der Waals surface area contributed by atoms with E-state index in [2.05, 4.69) is 10.5 Å². The summed E-state index contributed by atoms with van der Waals surface area (Å²) in [7, 11) is 1.59. The van der Waals surface area contributed by atoms with Crippen LogP contribution >= 0.6 is 23.5 Å². The van der Waals surface area contributed by atoms with Crippen molar-refractivity contribution in [1.29, 1.82) is 0 Å². The number of allylic oxidation sites excluding steroid dienone is 1. The maximum absolute atomic E-state index is 12.9. The molecule has 3 heterocycles. The molecular formula is C27H23N3O6S2. The SMILES string of the molecule is COc1ccc(-c2cc(/C=C/C3=C(C(=O)O)N4C(=O)[C@@H](NC(=O)CSc5ccccc5)[C@H]4SC3)on2)cc1. The van der Waals surface area contributed by atoms with Crippen molar-refractivity contribution in [3.63, 3.8) is 0 Å². The number of thioether (sulfide) groups is 2. The van der Waals surface area contributed by atoms with Gasteiger partial charge in [-0.1, -0.05) is 29.4 Å². The Morgan fingerprint density at radius 1 is 1.21 bits per heavy atom. The van der Waals surface area contributed by atoms with Crippen LogP contribution in [0.2, 0.25) is 0 Å². The fraction of sp³-hybridized carbons (Fsp3) is 0.185. The first-order chi connectivity index (χ1) is 18.4. The second kappa shape index (κ2) is 11.2. The molecule has 0 spiro atoms. The zero-order valence-corrected chi connectivity index (χ0v) is 21.8. The van der Waals surface area contributed by atoms with Gasteiger partial charge < -0.3 is 19.7 Å². The smallest absolute Gasteiger partial charge is 0.352 e. The Kier molecular flexibility index (Phi) is 7.57. The summed E-state index contributed by atoms with van der Waals surface area (Å²) >= 11 is 2.78. The van der Waals surface area contributed by atoms with E-state index in [4.69, 9.17) is 9.26 Å². The summed E-state index contributed by atoms with van der Waals surface area (Å²) in [6.07, 6.45) is 3.25. The molecule has 194 valence electrons. The molecule has 2 aliphatic heterocycles. The molecule has 0 saturated carbocycles. The molecule has 2 aromatic carbocycles. The molecule has 1 saturated heterocycles. The van der Waals surface area contributed by atoms with Gasteiger partial charge in [-0.25, -0.2) is 4.79 Å². The number of carbonyl (C=O) groups excluding carboxylic acids is 2. The topological polar surface area (TPSA) is 122 Å².